The van der Waals surface area contributed by atoms with Crippen LogP contribution < -0.4 is 5.32 Å². The predicted molar refractivity (Wildman–Crippen MR) is 99.3 cm³/mol. The van der Waals surface area contributed by atoms with Crippen LogP contribution in [0.2, 0.25) is 0 Å². The fourth-order valence-electron chi connectivity index (χ4n) is 2.80. The summed E-state index contributed by atoms with van der Waals surface area (Å²) in [5.74, 6) is -0.432. The summed E-state index contributed by atoms with van der Waals surface area (Å²) in [4.78, 5) is 35.3. The molecular weight excluding hydrogens is 334 g/mol. The van der Waals surface area contributed by atoms with Gasteiger partial charge in [-0.15, -0.1) is 0 Å². The lowest BCUT2D eigenvalue weighted by Crippen LogP contribution is -2.33. The second kappa shape index (κ2) is 8.83. The van der Waals surface area contributed by atoms with Crippen LogP contribution in [0.3, 0.4) is 0 Å². The van der Waals surface area contributed by atoms with Gasteiger partial charge in [-0.3, -0.25) is 9.59 Å². The molecule has 1 rings (SSSR count). The number of esters is 1. The maximum atomic E-state index is 11.9. The molecule has 0 saturated heterocycles. The summed E-state index contributed by atoms with van der Waals surface area (Å²) in [5, 5.41) is 2.52. The molecule has 0 heterocycles. The van der Waals surface area contributed by atoms with Crippen molar-refractivity contribution in [2.75, 3.05) is 6.54 Å². The Morgan fingerprint density at radius 2 is 1.69 bits per heavy atom. The first kappa shape index (κ1) is 21.7. The molecule has 0 aliphatic carbocycles. The van der Waals surface area contributed by atoms with Gasteiger partial charge in [0.25, 0.3) is 0 Å². The normalized spacial score (nSPS) is 11.0. The first-order valence-electron chi connectivity index (χ1n) is 8.65. The maximum absolute atomic E-state index is 11.9. The third-order valence-corrected chi connectivity index (χ3v) is 3.86. The smallest absolute Gasteiger partial charge is 0.407 e. The summed E-state index contributed by atoms with van der Waals surface area (Å²) in [6.45, 7) is 12.8. The molecule has 0 unspecified atom stereocenters. The van der Waals surface area contributed by atoms with E-state index >= 15 is 0 Å². The average Bonchev–Trinajstić information content (AvgIpc) is 2.43. The number of ketones is 1. The Morgan fingerprint density at radius 3 is 2.23 bits per heavy atom. The third-order valence-electron chi connectivity index (χ3n) is 3.86. The fourth-order valence-corrected chi connectivity index (χ4v) is 2.80. The number of benzene rings is 1. The molecule has 144 valence electrons. The SMILES string of the molecule is CC(=O)c1c(C)cc(C)c(COC(=O)CCNC(=O)OC(C)(C)C)c1C. The van der Waals surface area contributed by atoms with E-state index < -0.39 is 17.7 Å². The van der Waals surface area contributed by atoms with Crippen LogP contribution in [0.4, 0.5) is 4.79 Å². The van der Waals surface area contributed by atoms with Gasteiger partial charge in [0.05, 0.1) is 6.42 Å². The molecule has 0 aromatic heterocycles. The highest BCUT2D eigenvalue weighted by atomic mass is 16.6. The Morgan fingerprint density at radius 1 is 1.08 bits per heavy atom. The number of aryl methyl sites for hydroxylation is 2. The molecule has 1 N–H and O–H groups in total. The Bertz CT molecular complexity index is 701. The summed E-state index contributed by atoms with van der Waals surface area (Å²) >= 11 is 0. The molecule has 1 aromatic rings. The molecule has 0 spiro atoms. The van der Waals surface area contributed by atoms with Crippen LogP contribution in [0.1, 0.15) is 66.7 Å². The van der Waals surface area contributed by atoms with Crippen molar-refractivity contribution >= 4 is 17.8 Å². The van der Waals surface area contributed by atoms with Gasteiger partial charge in [-0.1, -0.05) is 6.07 Å². The minimum absolute atomic E-state index is 0.00543. The molecule has 6 nitrogen and oxygen atoms in total. The molecule has 0 bridgehead atoms. The van der Waals surface area contributed by atoms with Crippen LogP contribution in [-0.4, -0.2) is 30.0 Å². The second-order valence-corrected chi connectivity index (χ2v) is 7.38. The number of Topliss-reactive ketones (excluding diaryl/α,β-unsaturated/α-hetero) is 1. The number of rotatable bonds is 6. The number of amides is 1. The Labute approximate surface area is 155 Å². The number of carbonyl (C=O) groups is 3. The van der Waals surface area contributed by atoms with Gasteiger partial charge in [-0.25, -0.2) is 4.79 Å². The molecule has 0 fully saturated rings. The van der Waals surface area contributed by atoms with Crippen LogP contribution in [0.15, 0.2) is 6.07 Å². The number of hydrogen-bond donors (Lipinski definition) is 1. The number of carbonyl (C=O) groups excluding carboxylic acids is 3. The Hall–Kier alpha value is -2.37. The molecule has 6 heteroatoms. The van der Waals surface area contributed by atoms with Crippen LogP contribution >= 0.6 is 0 Å². The van der Waals surface area contributed by atoms with Gasteiger partial charge < -0.3 is 14.8 Å². The summed E-state index contributed by atoms with van der Waals surface area (Å²) in [7, 11) is 0. The Balaban J connectivity index is 2.59. The van der Waals surface area contributed by atoms with E-state index in [1.807, 2.05) is 26.8 Å². The molecule has 0 atom stereocenters. The van der Waals surface area contributed by atoms with E-state index in [9.17, 15) is 14.4 Å². The van der Waals surface area contributed by atoms with E-state index in [-0.39, 0.29) is 25.4 Å². The third kappa shape index (κ3) is 6.50. The summed E-state index contributed by atoms with van der Waals surface area (Å²) in [6.07, 6.45) is -0.524. The lowest BCUT2D eigenvalue weighted by molar-refractivity contribution is -0.144. The van der Waals surface area contributed by atoms with E-state index in [4.69, 9.17) is 9.47 Å². The molecule has 0 aliphatic heterocycles. The quantitative estimate of drug-likeness (QED) is 0.614. The fraction of sp³-hybridized carbons (Fsp3) is 0.550. The summed E-state index contributed by atoms with van der Waals surface area (Å²) in [5.41, 5.74) is 3.67. The Kier molecular flexibility index (Phi) is 7.36. The molecule has 0 aliphatic rings. The van der Waals surface area contributed by atoms with Crippen molar-refractivity contribution in [3.05, 3.63) is 33.9 Å². The molecule has 1 aromatic carbocycles. The zero-order valence-corrected chi connectivity index (χ0v) is 16.7. The lowest BCUT2D eigenvalue weighted by atomic mass is 9.92. The van der Waals surface area contributed by atoms with Crippen LogP contribution in [0.5, 0.6) is 0 Å². The van der Waals surface area contributed by atoms with Crippen molar-refractivity contribution in [1.29, 1.82) is 0 Å². The van der Waals surface area contributed by atoms with Crippen molar-refractivity contribution in [3.8, 4) is 0 Å². The van der Waals surface area contributed by atoms with Gasteiger partial charge in [0.1, 0.15) is 12.2 Å². The molecule has 26 heavy (non-hydrogen) atoms. The summed E-state index contributed by atoms with van der Waals surface area (Å²) in [6, 6.07) is 1.93. The lowest BCUT2D eigenvalue weighted by Gasteiger charge is -2.19. The van der Waals surface area contributed by atoms with E-state index in [1.165, 1.54) is 6.92 Å². The molecular formula is C20H29NO5. The van der Waals surface area contributed by atoms with Crippen LogP contribution in [-0.2, 0) is 20.9 Å². The topological polar surface area (TPSA) is 81.7 Å². The second-order valence-electron chi connectivity index (χ2n) is 7.38. The van der Waals surface area contributed by atoms with E-state index in [1.54, 1.807) is 20.8 Å². The number of hydrogen-bond acceptors (Lipinski definition) is 5. The van der Waals surface area contributed by atoms with Gasteiger partial charge >= 0.3 is 12.1 Å². The van der Waals surface area contributed by atoms with Gasteiger partial charge in [-0.05, 0) is 70.7 Å². The van der Waals surface area contributed by atoms with Gasteiger partial charge in [0.15, 0.2) is 5.78 Å². The minimum Gasteiger partial charge on any atom is -0.461 e. The van der Waals surface area contributed by atoms with E-state index in [0.717, 1.165) is 22.3 Å². The highest BCUT2D eigenvalue weighted by Gasteiger charge is 2.17. The van der Waals surface area contributed by atoms with Crippen molar-refractivity contribution in [2.45, 2.75) is 67.1 Å². The maximum Gasteiger partial charge on any atom is 0.407 e. The zero-order valence-electron chi connectivity index (χ0n) is 16.7. The van der Waals surface area contributed by atoms with Crippen molar-refractivity contribution in [3.63, 3.8) is 0 Å². The first-order valence-corrected chi connectivity index (χ1v) is 8.65. The largest absolute Gasteiger partial charge is 0.461 e. The predicted octanol–water partition coefficient (Wildman–Crippen LogP) is 3.77. The van der Waals surface area contributed by atoms with Crippen molar-refractivity contribution in [2.24, 2.45) is 0 Å². The van der Waals surface area contributed by atoms with Crippen molar-refractivity contribution in [1.82, 2.24) is 5.32 Å². The average molecular weight is 363 g/mol. The van der Waals surface area contributed by atoms with Crippen molar-refractivity contribution < 1.29 is 23.9 Å². The van der Waals surface area contributed by atoms with Gasteiger partial charge in [0, 0.05) is 12.1 Å². The van der Waals surface area contributed by atoms with Crippen LogP contribution in [0.25, 0.3) is 0 Å². The number of alkyl carbamates (subject to hydrolysis) is 1. The number of ether oxygens (including phenoxy) is 2. The van der Waals surface area contributed by atoms with E-state index in [2.05, 4.69) is 5.32 Å². The highest BCUT2D eigenvalue weighted by molar-refractivity contribution is 5.97. The minimum atomic E-state index is -0.584. The van der Waals surface area contributed by atoms with E-state index in [0.29, 0.717) is 5.56 Å². The summed E-state index contributed by atoms with van der Waals surface area (Å²) < 4.78 is 10.4. The first-order chi connectivity index (χ1) is 11.9. The van der Waals surface area contributed by atoms with Crippen LogP contribution in [0, 0.1) is 20.8 Å². The standard InChI is InChI=1S/C20H29NO5/c1-12-10-13(2)18(15(4)22)14(3)16(12)11-25-17(23)8-9-21-19(24)26-20(5,6)7/h10H,8-9,11H2,1-7H3,(H,21,24). The zero-order chi connectivity index (χ0) is 20.1. The van der Waals surface area contributed by atoms with Gasteiger partial charge in [0.2, 0.25) is 0 Å². The molecule has 0 radical (unpaired) electrons. The number of nitrogens with one attached hydrogen (secondary N) is 1. The highest BCUT2D eigenvalue weighted by Crippen LogP contribution is 2.23. The van der Waals surface area contributed by atoms with Gasteiger partial charge in [-0.2, -0.15) is 0 Å². The monoisotopic (exact) mass is 363 g/mol. The molecule has 1 amide bonds. The molecule has 0 saturated carbocycles.